The van der Waals surface area contributed by atoms with Gasteiger partial charge in [0, 0.05) is 19.3 Å². The predicted molar refractivity (Wildman–Crippen MR) is 66.4 cm³/mol. The van der Waals surface area contributed by atoms with E-state index in [2.05, 4.69) is 4.98 Å². The van der Waals surface area contributed by atoms with Crippen LogP contribution in [0.5, 0.6) is 0 Å². The Bertz CT molecular complexity index is 501. The number of halogens is 3. The van der Waals surface area contributed by atoms with Crippen molar-refractivity contribution in [2.45, 2.75) is 25.9 Å². The molecule has 110 valence electrons. The van der Waals surface area contributed by atoms with E-state index in [4.69, 9.17) is 0 Å². The molecule has 1 aliphatic rings. The van der Waals surface area contributed by atoms with Crippen molar-refractivity contribution >= 4 is 11.8 Å². The maximum atomic E-state index is 12.4. The van der Waals surface area contributed by atoms with Crippen molar-refractivity contribution in [2.24, 2.45) is 5.41 Å². The van der Waals surface area contributed by atoms with Gasteiger partial charge in [-0.25, -0.2) is 4.98 Å². The molecule has 1 saturated heterocycles. The second-order valence-corrected chi connectivity index (χ2v) is 5.01. The molecule has 1 unspecified atom stereocenters. The molecule has 0 radical (unpaired) electrons. The highest BCUT2D eigenvalue weighted by Crippen LogP contribution is 2.36. The molecule has 4 nitrogen and oxygen atoms in total. The normalized spacial score (nSPS) is 23.1. The van der Waals surface area contributed by atoms with Gasteiger partial charge in [-0.3, -0.25) is 4.79 Å². The summed E-state index contributed by atoms with van der Waals surface area (Å²) in [7, 11) is 0. The van der Waals surface area contributed by atoms with E-state index in [1.165, 1.54) is 6.07 Å². The lowest BCUT2D eigenvalue weighted by Crippen LogP contribution is -2.34. The van der Waals surface area contributed by atoms with Gasteiger partial charge in [0.25, 0.3) is 0 Å². The van der Waals surface area contributed by atoms with Crippen LogP contribution in [0.1, 0.15) is 25.3 Å². The van der Waals surface area contributed by atoms with Crippen molar-refractivity contribution in [1.82, 2.24) is 4.98 Å². The van der Waals surface area contributed by atoms with Gasteiger partial charge in [-0.05, 0) is 25.0 Å². The zero-order chi connectivity index (χ0) is 15.0. The van der Waals surface area contributed by atoms with Gasteiger partial charge in [-0.15, -0.1) is 0 Å². The minimum atomic E-state index is -4.41. The van der Waals surface area contributed by atoms with E-state index >= 15 is 0 Å². The fraction of sp³-hybridized carbons (Fsp3) is 0.538. The highest BCUT2D eigenvalue weighted by molar-refractivity contribution is 5.76. The van der Waals surface area contributed by atoms with E-state index in [0.717, 1.165) is 12.3 Å². The second kappa shape index (κ2) is 4.96. The number of carbonyl (C=O) groups is 1. The van der Waals surface area contributed by atoms with Crippen molar-refractivity contribution in [3.63, 3.8) is 0 Å². The summed E-state index contributed by atoms with van der Waals surface area (Å²) in [5, 5.41) is 9.28. The Balaban J connectivity index is 2.17. The Kier molecular flexibility index (Phi) is 3.62. The van der Waals surface area contributed by atoms with E-state index in [1.54, 1.807) is 11.8 Å². The van der Waals surface area contributed by atoms with Crippen LogP contribution in [0.15, 0.2) is 18.3 Å². The number of alkyl halides is 3. The van der Waals surface area contributed by atoms with Gasteiger partial charge in [0.15, 0.2) is 0 Å². The molecule has 0 aliphatic carbocycles. The van der Waals surface area contributed by atoms with Crippen LogP contribution < -0.4 is 4.90 Å². The summed E-state index contributed by atoms with van der Waals surface area (Å²) in [4.78, 5) is 16.8. The van der Waals surface area contributed by atoms with Crippen LogP contribution in [0.25, 0.3) is 0 Å². The molecule has 1 atom stereocenters. The Morgan fingerprint density at radius 1 is 1.50 bits per heavy atom. The number of anilines is 1. The molecule has 7 heteroatoms. The Morgan fingerprint density at radius 2 is 2.20 bits per heavy atom. The number of nitrogens with zero attached hydrogens (tertiary/aromatic N) is 2. The molecule has 1 N–H and O–H groups in total. The van der Waals surface area contributed by atoms with Crippen molar-refractivity contribution in [3.05, 3.63) is 23.9 Å². The molecule has 2 heterocycles. The third-order valence-corrected chi connectivity index (χ3v) is 3.88. The van der Waals surface area contributed by atoms with Crippen LogP contribution >= 0.6 is 0 Å². The van der Waals surface area contributed by atoms with Gasteiger partial charge >= 0.3 is 12.1 Å². The molecule has 0 bridgehead atoms. The van der Waals surface area contributed by atoms with Crippen molar-refractivity contribution in [1.29, 1.82) is 0 Å². The highest BCUT2D eigenvalue weighted by atomic mass is 19.4. The maximum absolute atomic E-state index is 12.4. The number of carboxylic acids is 1. The molecule has 20 heavy (non-hydrogen) atoms. The Labute approximate surface area is 114 Å². The van der Waals surface area contributed by atoms with Crippen molar-refractivity contribution < 1.29 is 23.1 Å². The van der Waals surface area contributed by atoms with Crippen LogP contribution in [0.4, 0.5) is 19.0 Å². The SMILES string of the molecule is CCC1(C(=O)O)CCN(c2ccc(C(F)(F)F)cn2)C1. The fourth-order valence-corrected chi connectivity index (χ4v) is 2.42. The first-order chi connectivity index (χ1) is 9.28. The Hall–Kier alpha value is -1.79. The lowest BCUT2D eigenvalue weighted by Gasteiger charge is -2.23. The molecular weight excluding hydrogens is 273 g/mol. The number of hydrogen-bond donors (Lipinski definition) is 1. The first-order valence-corrected chi connectivity index (χ1v) is 6.30. The quantitative estimate of drug-likeness (QED) is 0.929. The van der Waals surface area contributed by atoms with E-state index in [9.17, 15) is 23.1 Å². The summed E-state index contributed by atoms with van der Waals surface area (Å²) in [5.41, 5.74) is -1.63. The van der Waals surface area contributed by atoms with Crippen LogP contribution in [0.3, 0.4) is 0 Å². The molecule has 0 saturated carbocycles. The minimum absolute atomic E-state index is 0.275. The molecule has 1 aliphatic heterocycles. The fourth-order valence-electron chi connectivity index (χ4n) is 2.42. The van der Waals surface area contributed by atoms with E-state index in [-0.39, 0.29) is 6.54 Å². The lowest BCUT2D eigenvalue weighted by molar-refractivity contribution is -0.147. The van der Waals surface area contributed by atoms with Gasteiger partial charge in [-0.2, -0.15) is 13.2 Å². The molecular formula is C13H15F3N2O2. The molecule has 1 fully saturated rings. The number of hydrogen-bond acceptors (Lipinski definition) is 3. The molecule has 0 aromatic carbocycles. The van der Waals surface area contributed by atoms with Crippen molar-refractivity contribution in [2.75, 3.05) is 18.0 Å². The number of rotatable bonds is 3. The average Bonchev–Trinajstić information content (AvgIpc) is 2.83. The maximum Gasteiger partial charge on any atom is 0.417 e. The molecule has 0 spiro atoms. The number of aromatic nitrogens is 1. The van der Waals surface area contributed by atoms with Gasteiger partial charge in [-0.1, -0.05) is 6.92 Å². The topological polar surface area (TPSA) is 53.4 Å². The monoisotopic (exact) mass is 288 g/mol. The number of pyridine rings is 1. The van der Waals surface area contributed by atoms with Crippen LogP contribution in [-0.2, 0) is 11.0 Å². The van der Waals surface area contributed by atoms with Gasteiger partial charge < -0.3 is 10.0 Å². The number of aliphatic carboxylic acids is 1. The zero-order valence-electron chi connectivity index (χ0n) is 10.9. The standard InChI is InChI=1S/C13H15F3N2O2/c1-2-12(11(19)20)5-6-18(8-12)10-4-3-9(7-17-10)13(14,15)16/h3-4,7H,2,5-6,8H2,1H3,(H,19,20). The molecule has 1 aromatic rings. The lowest BCUT2D eigenvalue weighted by atomic mass is 9.84. The van der Waals surface area contributed by atoms with Crippen LogP contribution in [0.2, 0.25) is 0 Å². The van der Waals surface area contributed by atoms with Crippen LogP contribution in [0, 0.1) is 5.41 Å². The largest absolute Gasteiger partial charge is 0.481 e. The third kappa shape index (κ3) is 2.57. The second-order valence-electron chi connectivity index (χ2n) is 5.01. The average molecular weight is 288 g/mol. The third-order valence-electron chi connectivity index (χ3n) is 3.88. The summed E-state index contributed by atoms with van der Waals surface area (Å²) >= 11 is 0. The first kappa shape index (κ1) is 14.6. The summed E-state index contributed by atoms with van der Waals surface area (Å²) in [6.45, 7) is 2.56. The summed E-state index contributed by atoms with van der Waals surface area (Å²) < 4.78 is 37.3. The Morgan fingerprint density at radius 3 is 2.60 bits per heavy atom. The summed E-state index contributed by atoms with van der Waals surface area (Å²) in [6.07, 6.45) is -2.67. The van der Waals surface area contributed by atoms with Gasteiger partial charge in [0.1, 0.15) is 5.82 Å². The predicted octanol–water partition coefficient (Wildman–Crippen LogP) is 2.79. The zero-order valence-corrected chi connectivity index (χ0v) is 10.9. The van der Waals surface area contributed by atoms with Gasteiger partial charge in [0.05, 0.1) is 11.0 Å². The molecule has 0 amide bonds. The highest BCUT2D eigenvalue weighted by Gasteiger charge is 2.43. The molecule has 1 aromatic heterocycles. The van der Waals surface area contributed by atoms with E-state index in [1.807, 2.05) is 0 Å². The van der Waals surface area contributed by atoms with E-state index in [0.29, 0.717) is 25.2 Å². The van der Waals surface area contributed by atoms with Gasteiger partial charge in [0.2, 0.25) is 0 Å². The summed E-state index contributed by atoms with van der Waals surface area (Å²) in [5.74, 6) is -0.482. The van der Waals surface area contributed by atoms with E-state index < -0.39 is 23.1 Å². The number of carboxylic acid groups (broad SMARTS) is 1. The first-order valence-electron chi connectivity index (χ1n) is 6.30. The smallest absolute Gasteiger partial charge is 0.417 e. The van der Waals surface area contributed by atoms with Crippen LogP contribution in [-0.4, -0.2) is 29.1 Å². The minimum Gasteiger partial charge on any atom is -0.481 e. The van der Waals surface area contributed by atoms with Crippen molar-refractivity contribution in [3.8, 4) is 0 Å². The molecule has 2 rings (SSSR count). The summed E-state index contributed by atoms with van der Waals surface area (Å²) in [6, 6.07) is 2.26.